The standard InChI is InChI=1S/C38H44N2O3S2/c1-2-3-4-5-6-7-8-9-10-11-12-19-26-43-33-24-17-15-22-31(33)39-37(42)30-27-35(28-20-13-14-21-29(28)36(30)41)45-38-40-32-23-16-18-25-34(32)44-38/h13-18,20-25,27,41H,2-12,19,26H2,1H3,(H,39,42). The molecule has 0 atom stereocenters. The van der Waals surface area contributed by atoms with Crippen LogP contribution in [0.2, 0.25) is 0 Å². The van der Waals surface area contributed by atoms with Crippen LogP contribution in [0.5, 0.6) is 11.5 Å². The van der Waals surface area contributed by atoms with E-state index in [-0.39, 0.29) is 17.2 Å². The number of rotatable bonds is 18. The molecule has 4 aromatic carbocycles. The molecule has 0 fully saturated rings. The first-order valence-corrected chi connectivity index (χ1v) is 18.1. The van der Waals surface area contributed by atoms with Crippen molar-refractivity contribution in [1.29, 1.82) is 0 Å². The third-order valence-corrected chi connectivity index (χ3v) is 10.2. The smallest absolute Gasteiger partial charge is 0.259 e. The molecule has 45 heavy (non-hydrogen) atoms. The number of para-hydroxylation sites is 3. The maximum absolute atomic E-state index is 13.6. The number of fused-ring (bicyclic) bond motifs is 2. The van der Waals surface area contributed by atoms with Crippen molar-refractivity contribution in [3.05, 3.63) is 84.4 Å². The molecule has 0 saturated heterocycles. The Labute approximate surface area is 275 Å². The van der Waals surface area contributed by atoms with Gasteiger partial charge >= 0.3 is 0 Å². The maximum atomic E-state index is 13.6. The summed E-state index contributed by atoms with van der Waals surface area (Å²) in [6.45, 7) is 2.87. The summed E-state index contributed by atoms with van der Waals surface area (Å²) < 4.78 is 8.11. The summed E-state index contributed by atoms with van der Waals surface area (Å²) in [5, 5.41) is 15.7. The minimum Gasteiger partial charge on any atom is -0.506 e. The number of thiazole rings is 1. The van der Waals surface area contributed by atoms with Gasteiger partial charge in [-0.05, 0) is 42.1 Å². The van der Waals surface area contributed by atoms with Gasteiger partial charge in [-0.25, -0.2) is 4.98 Å². The van der Waals surface area contributed by atoms with Crippen molar-refractivity contribution in [3.8, 4) is 11.5 Å². The van der Waals surface area contributed by atoms with E-state index in [1.807, 2.05) is 66.7 Å². The van der Waals surface area contributed by atoms with Crippen LogP contribution in [0.1, 0.15) is 94.3 Å². The molecule has 0 unspecified atom stereocenters. The lowest BCUT2D eigenvalue weighted by Gasteiger charge is -2.15. The third kappa shape index (κ3) is 9.24. The Morgan fingerprint density at radius 2 is 1.42 bits per heavy atom. The van der Waals surface area contributed by atoms with Crippen molar-refractivity contribution in [2.45, 2.75) is 93.2 Å². The summed E-state index contributed by atoms with van der Waals surface area (Å²) in [6, 6.07) is 24.9. The average Bonchev–Trinajstić information content (AvgIpc) is 3.48. The number of ether oxygens (including phenoxy) is 1. The fraction of sp³-hybridized carbons (Fsp3) is 0.368. The number of nitrogens with zero attached hydrogens (tertiary/aromatic N) is 1. The van der Waals surface area contributed by atoms with Gasteiger partial charge in [0.2, 0.25) is 0 Å². The van der Waals surface area contributed by atoms with Crippen LogP contribution < -0.4 is 10.1 Å². The molecule has 0 spiro atoms. The Kier molecular flexibility index (Phi) is 12.6. The summed E-state index contributed by atoms with van der Waals surface area (Å²) in [5.74, 6) is 0.218. The second-order valence-electron chi connectivity index (χ2n) is 11.6. The van der Waals surface area contributed by atoms with E-state index >= 15 is 0 Å². The second kappa shape index (κ2) is 17.2. The van der Waals surface area contributed by atoms with Crippen LogP contribution in [0.15, 0.2) is 88.1 Å². The van der Waals surface area contributed by atoms with E-state index < -0.39 is 0 Å². The molecular formula is C38H44N2O3S2. The summed E-state index contributed by atoms with van der Waals surface area (Å²) >= 11 is 3.13. The lowest BCUT2D eigenvalue weighted by Crippen LogP contribution is -2.13. The molecule has 1 heterocycles. The van der Waals surface area contributed by atoms with Gasteiger partial charge in [-0.3, -0.25) is 4.79 Å². The van der Waals surface area contributed by atoms with Crippen molar-refractivity contribution in [2.24, 2.45) is 0 Å². The van der Waals surface area contributed by atoms with Crippen molar-refractivity contribution >= 4 is 55.7 Å². The van der Waals surface area contributed by atoms with Gasteiger partial charge in [0.25, 0.3) is 5.91 Å². The molecule has 5 aromatic rings. The highest BCUT2D eigenvalue weighted by molar-refractivity contribution is 8.01. The van der Waals surface area contributed by atoms with E-state index in [1.165, 1.54) is 76.0 Å². The first-order valence-electron chi connectivity index (χ1n) is 16.5. The van der Waals surface area contributed by atoms with E-state index in [4.69, 9.17) is 9.72 Å². The number of anilines is 1. The number of benzene rings is 4. The lowest BCUT2D eigenvalue weighted by molar-refractivity contribution is 0.102. The number of carbonyl (C=O) groups is 1. The quantitative estimate of drug-likeness (QED) is 0.0933. The molecule has 0 radical (unpaired) electrons. The molecule has 7 heteroatoms. The molecular weight excluding hydrogens is 597 g/mol. The molecule has 1 aromatic heterocycles. The Bertz CT molecular complexity index is 1650. The molecule has 5 nitrogen and oxygen atoms in total. The molecule has 236 valence electrons. The largest absolute Gasteiger partial charge is 0.506 e. The Hall–Kier alpha value is -3.55. The highest BCUT2D eigenvalue weighted by atomic mass is 32.2. The van der Waals surface area contributed by atoms with Crippen LogP contribution in [0.3, 0.4) is 0 Å². The first-order chi connectivity index (χ1) is 22.1. The second-order valence-corrected chi connectivity index (χ2v) is 13.9. The van der Waals surface area contributed by atoms with E-state index in [9.17, 15) is 9.90 Å². The number of nitrogens with one attached hydrogen (secondary N) is 1. The predicted octanol–water partition coefficient (Wildman–Crippen LogP) is 11.6. The summed E-state index contributed by atoms with van der Waals surface area (Å²) in [6.07, 6.45) is 15.5. The highest BCUT2D eigenvalue weighted by Gasteiger charge is 2.20. The van der Waals surface area contributed by atoms with Crippen molar-refractivity contribution in [3.63, 3.8) is 0 Å². The molecule has 0 bridgehead atoms. The summed E-state index contributed by atoms with van der Waals surface area (Å²) in [4.78, 5) is 19.2. The predicted molar refractivity (Wildman–Crippen MR) is 190 cm³/mol. The molecule has 2 N–H and O–H groups in total. The molecule has 5 rings (SSSR count). The first kappa shape index (κ1) is 32.8. The molecule has 0 aliphatic rings. The van der Waals surface area contributed by atoms with Crippen LogP contribution >= 0.6 is 23.1 Å². The fourth-order valence-corrected chi connectivity index (χ4v) is 7.78. The van der Waals surface area contributed by atoms with Gasteiger partial charge in [-0.1, -0.05) is 138 Å². The van der Waals surface area contributed by atoms with Crippen LogP contribution in [-0.4, -0.2) is 22.6 Å². The van der Waals surface area contributed by atoms with Crippen LogP contribution in [-0.2, 0) is 0 Å². The van der Waals surface area contributed by atoms with Gasteiger partial charge in [0, 0.05) is 10.3 Å². The highest BCUT2D eigenvalue weighted by Crippen LogP contribution is 2.42. The summed E-state index contributed by atoms with van der Waals surface area (Å²) in [7, 11) is 0. The topological polar surface area (TPSA) is 71.5 Å². The van der Waals surface area contributed by atoms with Gasteiger partial charge in [0.05, 0.1) is 28.1 Å². The minimum atomic E-state index is -0.384. The zero-order valence-corrected chi connectivity index (χ0v) is 27.9. The van der Waals surface area contributed by atoms with Gasteiger partial charge in [-0.2, -0.15) is 0 Å². The van der Waals surface area contributed by atoms with E-state index in [2.05, 4.69) is 18.3 Å². The Morgan fingerprint density at radius 1 is 0.800 bits per heavy atom. The molecule has 1 amide bonds. The minimum absolute atomic E-state index is 0.0355. The van der Waals surface area contributed by atoms with E-state index in [1.54, 1.807) is 17.4 Å². The van der Waals surface area contributed by atoms with E-state index in [0.29, 0.717) is 23.4 Å². The molecule has 0 aliphatic carbocycles. The normalized spacial score (nSPS) is 11.3. The van der Waals surface area contributed by atoms with Crippen LogP contribution in [0, 0.1) is 0 Å². The number of hydrogen-bond donors (Lipinski definition) is 2. The third-order valence-electron chi connectivity index (χ3n) is 8.09. The van der Waals surface area contributed by atoms with Gasteiger partial charge < -0.3 is 15.2 Å². The van der Waals surface area contributed by atoms with Crippen molar-refractivity contribution in [2.75, 3.05) is 11.9 Å². The number of aromatic nitrogens is 1. The van der Waals surface area contributed by atoms with E-state index in [0.717, 1.165) is 37.7 Å². The van der Waals surface area contributed by atoms with Crippen molar-refractivity contribution in [1.82, 2.24) is 4.98 Å². The summed E-state index contributed by atoms with van der Waals surface area (Å²) in [5.41, 5.74) is 1.76. The van der Waals surface area contributed by atoms with Crippen molar-refractivity contribution < 1.29 is 14.6 Å². The maximum Gasteiger partial charge on any atom is 0.259 e. The number of carbonyl (C=O) groups excluding carboxylic acids is 1. The Balaban J connectivity index is 1.17. The SMILES string of the molecule is CCCCCCCCCCCCCCOc1ccccc1NC(=O)c1cc(Sc2nc3ccccc3s2)c2ccccc2c1O. The monoisotopic (exact) mass is 640 g/mol. The average molecular weight is 641 g/mol. The number of phenolic OH excluding ortho intramolecular Hbond substituents is 1. The number of unbranched alkanes of at least 4 members (excludes halogenated alkanes) is 11. The van der Waals surface area contributed by atoms with Gasteiger partial charge in [0.1, 0.15) is 11.5 Å². The van der Waals surface area contributed by atoms with Crippen LogP contribution in [0.25, 0.3) is 21.0 Å². The fourth-order valence-electron chi connectivity index (χ4n) is 5.58. The number of phenols is 1. The molecule has 0 aliphatic heterocycles. The Morgan fingerprint density at radius 3 is 2.16 bits per heavy atom. The van der Waals surface area contributed by atoms with Crippen LogP contribution in [0.4, 0.5) is 5.69 Å². The molecule has 0 saturated carbocycles. The zero-order valence-electron chi connectivity index (χ0n) is 26.2. The zero-order chi connectivity index (χ0) is 31.3. The van der Waals surface area contributed by atoms with Gasteiger partial charge in [0.15, 0.2) is 4.34 Å². The lowest BCUT2D eigenvalue weighted by atomic mass is 10.0. The number of aromatic hydroxyl groups is 1. The number of amides is 1. The van der Waals surface area contributed by atoms with Gasteiger partial charge in [-0.15, -0.1) is 11.3 Å². The number of hydrogen-bond acceptors (Lipinski definition) is 6.